The van der Waals surface area contributed by atoms with E-state index in [1.807, 2.05) is 0 Å². The summed E-state index contributed by atoms with van der Waals surface area (Å²) >= 11 is 0. The highest BCUT2D eigenvalue weighted by Gasteiger charge is 2.24. The van der Waals surface area contributed by atoms with Crippen molar-refractivity contribution in [2.75, 3.05) is 0 Å². The van der Waals surface area contributed by atoms with Crippen molar-refractivity contribution >= 4 is 23.8 Å². The first-order chi connectivity index (χ1) is 12.2. The lowest BCUT2D eigenvalue weighted by Gasteiger charge is -2.19. The Kier molecular flexibility index (Phi) is 12.9. The lowest BCUT2D eigenvalue weighted by atomic mass is 9.86. The zero-order valence-electron chi connectivity index (χ0n) is 15.3. The van der Waals surface area contributed by atoms with Crippen molar-refractivity contribution in [3.8, 4) is 0 Å². The highest BCUT2D eigenvalue weighted by atomic mass is 16.4. The van der Waals surface area contributed by atoms with E-state index in [-0.39, 0.29) is 12.8 Å². The number of primary amides is 2. The fraction of sp³-hybridized carbons (Fsp3) is 0.778. The van der Waals surface area contributed by atoms with Crippen molar-refractivity contribution in [3.63, 3.8) is 0 Å². The average Bonchev–Trinajstić information content (AvgIpc) is 2.53. The van der Waals surface area contributed by atoms with Gasteiger partial charge in [0.05, 0.1) is 0 Å². The Morgan fingerprint density at radius 2 is 0.962 bits per heavy atom. The summed E-state index contributed by atoms with van der Waals surface area (Å²) in [5, 5.41) is 17.2. The summed E-state index contributed by atoms with van der Waals surface area (Å²) in [6, 6.07) is 0. The quantitative estimate of drug-likeness (QED) is 0.286. The maximum Gasteiger partial charge on any atom is 0.303 e. The van der Waals surface area contributed by atoms with Crippen molar-refractivity contribution in [1.29, 1.82) is 0 Å². The van der Waals surface area contributed by atoms with E-state index < -0.39 is 35.6 Å². The van der Waals surface area contributed by atoms with Gasteiger partial charge in [-0.15, -0.1) is 0 Å². The largest absolute Gasteiger partial charge is 0.481 e. The summed E-state index contributed by atoms with van der Waals surface area (Å²) in [7, 11) is 0. The summed E-state index contributed by atoms with van der Waals surface area (Å²) in [5.74, 6) is -3.43. The molecule has 0 spiro atoms. The Labute approximate surface area is 154 Å². The molecule has 26 heavy (non-hydrogen) atoms. The number of rotatable bonds is 17. The molecule has 2 atom stereocenters. The Morgan fingerprint density at radius 1 is 0.615 bits per heavy atom. The van der Waals surface area contributed by atoms with Gasteiger partial charge in [-0.25, -0.2) is 0 Å². The van der Waals surface area contributed by atoms with Crippen molar-refractivity contribution in [2.24, 2.45) is 23.3 Å². The van der Waals surface area contributed by atoms with Gasteiger partial charge in [0.15, 0.2) is 0 Å². The molecule has 2 amide bonds. The van der Waals surface area contributed by atoms with Crippen LogP contribution in [0.5, 0.6) is 0 Å². The predicted octanol–water partition coefficient (Wildman–Crippen LogP) is 2.04. The summed E-state index contributed by atoms with van der Waals surface area (Å²) in [4.78, 5) is 44.2. The fourth-order valence-electron chi connectivity index (χ4n) is 2.96. The minimum atomic E-state index is -0.839. The van der Waals surface area contributed by atoms with Gasteiger partial charge >= 0.3 is 11.9 Å². The van der Waals surface area contributed by atoms with E-state index in [9.17, 15) is 19.2 Å². The summed E-state index contributed by atoms with van der Waals surface area (Å²) in [5.41, 5.74) is 10.9. The van der Waals surface area contributed by atoms with Gasteiger partial charge in [0.1, 0.15) is 0 Å². The smallest absolute Gasteiger partial charge is 0.303 e. The highest BCUT2D eigenvalue weighted by molar-refractivity contribution is 5.80. The van der Waals surface area contributed by atoms with Crippen LogP contribution in [0.3, 0.4) is 0 Å². The van der Waals surface area contributed by atoms with Gasteiger partial charge in [-0.2, -0.15) is 0 Å². The van der Waals surface area contributed by atoms with E-state index in [4.69, 9.17) is 21.7 Å². The normalized spacial score (nSPS) is 13.1. The van der Waals surface area contributed by atoms with Crippen molar-refractivity contribution in [1.82, 2.24) is 0 Å². The van der Waals surface area contributed by atoms with Crippen LogP contribution in [0.1, 0.15) is 77.0 Å². The van der Waals surface area contributed by atoms with E-state index in [2.05, 4.69) is 0 Å². The van der Waals surface area contributed by atoms with Crippen LogP contribution in [0.25, 0.3) is 0 Å². The van der Waals surface area contributed by atoms with E-state index >= 15 is 0 Å². The molecule has 0 radical (unpaired) electrons. The molecule has 0 aromatic heterocycles. The zero-order chi connectivity index (χ0) is 19.9. The molecule has 0 aliphatic rings. The molecule has 0 heterocycles. The number of amides is 2. The van der Waals surface area contributed by atoms with E-state index in [0.29, 0.717) is 44.9 Å². The van der Waals surface area contributed by atoms with Gasteiger partial charge in [0.2, 0.25) is 11.8 Å². The van der Waals surface area contributed by atoms with Gasteiger partial charge in [0.25, 0.3) is 0 Å². The molecule has 0 aliphatic carbocycles. The number of carbonyl (C=O) groups excluding carboxylic acids is 2. The van der Waals surface area contributed by atoms with Gasteiger partial charge in [0, 0.05) is 24.7 Å². The Morgan fingerprint density at radius 3 is 1.31 bits per heavy atom. The lowest BCUT2D eigenvalue weighted by molar-refractivity contribution is -0.138. The van der Waals surface area contributed by atoms with Crippen LogP contribution < -0.4 is 11.5 Å². The van der Waals surface area contributed by atoms with Crippen molar-refractivity contribution in [2.45, 2.75) is 77.0 Å². The van der Waals surface area contributed by atoms with Crippen LogP contribution in [-0.2, 0) is 19.2 Å². The number of carboxylic acids is 2. The first-order valence-corrected chi connectivity index (χ1v) is 9.26. The molecule has 2 unspecified atom stereocenters. The van der Waals surface area contributed by atoms with Crippen LogP contribution in [0.2, 0.25) is 0 Å². The fourth-order valence-corrected chi connectivity index (χ4v) is 2.96. The van der Waals surface area contributed by atoms with Crippen LogP contribution in [-0.4, -0.2) is 34.0 Å². The maximum absolute atomic E-state index is 11.6. The second-order valence-electron chi connectivity index (χ2n) is 6.77. The standard InChI is InChI=1S/C18H32N2O6/c19-17(25)13(8-4-1-2-6-10-15(21)22)12-14(18(20)26)9-5-3-7-11-16(23)24/h13-14H,1-12H2,(H2,19,25)(H2,20,26)(H,21,22)(H,23,24). The molecule has 0 aromatic rings. The lowest BCUT2D eigenvalue weighted by Crippen LogP contribution is -2.31. The number of aliphatic carboxylic acids is 2. The molecule has 8 heteroatoms. The molecule has 0 bridgehead atoms. The Balaban J connectivity index is 4.21. The average molecular weight is 372 g/mol. The number of hydrogen-bond acceptors (Lipinski definition) is 4. The second-order valence-corrected chi connectivity index (χ2v) is 6.77. The van der Waals surface area contributed by atoms with Crippen molar-refractivity contribution in [3.05, 3.63) is 0 Å². The number of hydrogen-bond donors (Lipinski definition) is 4. The third-order valence-corrected chi connectivity index (χ3v) is 4.51. The molecule has 8 nitrogen and oxygen atoms in total. The minimum Gasteiger partial charge on any atom is -0.481 e. The third-order valence-electron chi connectivity index (χ3n) is 4.51. The predicted molar refractivity (Wildman–Crippen MR) is 96.0 cm³/mol. The first kappa shape index (κ1) is 23.9. The molecular formula is C18H32N2O6. The third kappa shape index (κ3) is 13.2. The summed E-state index contributed by atoms with van der Waals surface area (Å²) < 4.78 is 0. The maximum atomic E-state index is 11.6. The second kappa shape index (κ2) is 14.1. The summed E-state index contributed by atoms with van der Waals surface area (Å²) in [6.45, 7) is 0. The van der Waals surface area contributed by atoms with Crippen LogP contribution in [0.4, 0.5) is 0 Å². The molecule has 0 saturated carbocycles. The van der Waals surface area contributed by atoms with E-state index in [1.54, 1.807) is 0 Å². The molecule has 0 aliphatic heterocycles. The van der Waals surface area contributed by atoms with Crippen LogP contribution in [0, 0.1) is 11.8 Å². The molecule has 150 valence electrons. The molecule has 0 fully saturated rings. The molecule has 0 saturated heterocycles. The molecule has 0 aromatic carbocycles. The zero-order valence-corrected chi connectivity index (χ0v) is 15.3. The van der Waals surface area contributed by atoms with Gasteiger partial charge in [-0.1, -0.05) is 32.1 Å². The Bertz CT molecular complexity index is 467. The van der Waals surface area contributed by atoms with Crippen LogP contribution >= 0.6 is 0 Å². The Hall–Kier alpha value is -2.12. The monoisotopic (exact) mass is 372 g/mol. The SMILES string of the molecule is NC(=O)C(CCCCCCC(=O)O)CC(CCCCCC(=O)O)C(N)=O. The number of carboxylic acid groups (broad SMARTS) is 2. The van der Waals surface area contributed by atoms with E-state index in [0.717, 1.165) is 19.3 Å². The highest BCUT2D eigenvalue weighted by Crippen LogP contribution is 2.23. The number of nitrogens with two attached hydrogens (primary N) is 2. The summed E-state index contributed by atoms with van der Waals surface area (Å²) in [6.07, 6.45) is 6.53. The molecule has 0 rings (SSSR count). The van der Waals surface area contributed by atoms with Gasteiger partial charge in [-0.05, 0) is 32.1 Å². The minimum absolute atomic E-state index is 0.104. The van der Waals surface area contributed by atoms with E-state index in [1.165, 1.54) is 0 Å². The molecular weight excluding hydrogens is 340 g/mol. The first-order valence-electron chi connectivity index (χ1n) is 9.26. The van der Waals surface area contributed by atoms with Gasteiger partial charge < -0.3 is 21.7 Å². The number of unbranched alkanes of at least 4 members (excludes halogenated alkanes) is 5. The number of carbonyl (C=O) groups is 4. The topological polar surface area (TPSA) is 161 Å². The van der Waals surface area contributed by atoms with Crippen LogP contribution in [0.15, 0.2) is 0 Å². The van der Waals surface area contributed by atoms with Gasteiger partial charge in [-0.3, -0.25) is 19.2 Å². The molecule has 6 N–H and O–H groups in total. The van der Waals surface area contributed by atoms with Crippen molar-refractivity contribution < 1.29 is 29.4 Å².